The van der Waals surface area contributed by atoms with E-state index in [0.717, 1.165) is 61.8 Å². The first kappa shape index (κ1) is 20.0. The van der Waals surface area contributed by atoms with E-state index in [9.17, 15) is 4.79 Å². The Kier molecular flexibility index (Phi) is 4.90. The Morgan fingerprint density at radius 3 is 2.77 bits per heavy atom. The second kappa shape index (κ2) is 7.35. The average Bonchev–Trinajstić information content (AvgIpc) is 3.28. The number of carbonyl (C=O) groups is 1. The van der Waals surface area contributed by atoms with Gasteiger partial charge in [-0.15, -0.1) is 0 Å². The lowest BCUT2D eigenvalue weighted by Crippen LogP contribution is -2.50. The van der Waals surface area contributed by atoms with Gasteiger partial charge in [-0.2, -0.15) is 0 Å². The zero-order valence-corrected chi connectivity index (χ0v) is 18.6. The van der Waals surface area contributed by atoms with Crippen molar-refractivity contribution in [3.8, 4) is 0 Å². The summed E-state index contributed by atoms with van der Waals surface area (Å²) in [5, 5.41) is 4.44. The summed E-state index contributed by atoms with van der Waals surface area (Å²) in [5.41, 5.74) is 2.88. The van der Waals surface area contributed by atoms with Crippen LogP contribution in [0, 0.1) is 35.5 Å². The van der Waals surface area contributed by atoms with E-state index in [1.165, 1.54) is 12.8 Å². The van der Waals surface area contributed by atoms with E-state index in [0.29, 0.717) is 30.6 Å². The Labute approximate surface area is 179 Å². The molecule has 5 nitrogen and oxygen atoms in total. The molecule has 0 bridgehead atoms. The van der Waals surface area contributed by atoms with Gasteiger partial charge in [0.05, 0.1) is 11.9 Å². The Balaban J connectivity index is 1.26. The maximum Gasteiger partial charge on any atom is 0.191 e. The van der Waals surface area contributed by atoms with Crippen molar-refractivity contribution < 1.29 is 14.0 Å². The molecule has 0 aliphatic heterocycles. The lowest BCUT2D eigenvalue weighted by Gasteiger charge is -2.57. The van der Waals surface area contributed by atoms with Gasteiger partial charge in [0.25, 0.3) is 0 Å². The number of rotatable bonds is 4. The second-order valence-electron chi connectivity index (χ2n) is 10.4. The first-order valence-corrected chi connectivity index (χ1v) is 11.7. The van der Waals surface area contributed by atoms with Crippen LogP contribution in [-0.2, 0) is 16.1 Å². The monoisotopic (exact) mass is 410 g/mol. The SMILES string of the molecule is Cc1ncc(CCO/N=C2/C=C3CCC4C(CC[C@]5(C)C(=O)CCC45)[C@@]3(C)CC2)o1. The summed E-state index contributed by atoms with van der Waals surface area (Å²) in [4.78, 5) is 22.3. The van der Waals surface area contributed by atoms with Crippen molar-refractivity contribution in [2.75, 3.05) is 6.61 Å². The maximum absolute atomic E-state index is 12.6. The number of oxazole rings is 1. The number of ketones is 1. The van der Waals surface area contributed by atoms with Gasteiger partial charge in [0.1, 0.15) is 18.2 Å². The summed E-state index contributed by atoms with van der Waals surface area (Å²) in [6, 6.07) is 0. The molecule has 0 radical (unpaired) electrons. The molecular formula is C25H34N2O3. The van der Waals surface area contributed by atoms with Crippen molar-refractivity contribution >= 4 is 11.5 Å². The average molecular weight is 411 g/mol. The summed E-state index contributed by atoms with van der Waals surface area (Å²) in [6.45, 7) is 7.11. The molecule has 0 amide bonds. The Morgan fingerprint density at radius 2 is 1.97 bits per heavy atom. The number of allylic oxidation sites excluding steroid dienone is 2. The van der Waals surface area contributed by atoms with Crippen LogP contribution in [-0.4, -0.2) is 23.1 Å². The molecule has 0 N–H and O–H groups in total. The molecule has 3 fully saturated rings. The first-order chi connectivity index (χ1) is 14.4. The molecule has 3 saturated carbocycles. The third kappa shape index (κ3) is 3.16. The quantitative estimate of drug-likeness (QED) is 0.490. The van der Waals surface area contributed by atoms with E-state index in [1.807, 2.05) is 6.92 Å². The first-order valence-electron chi connectivity index (χ1n) is 11.7. The number of oxime groups is 1. The van der Waals surface area contributed by atoms with Gasteiger partial charge in [-0.1, -0.05) is 24.6 Å². The highest BCUT2D eigenvalue weighted by Crippen LogP contribution is 2.64. The molecule has 0 aromatic carbocycles. The van der Waals surface area contributed by atoms with Crippen LogP contribution in [0.3, 0.4) is 0 Å². The molecule has 5 atom stereocenters. The summed E-state index contributed by atoms with van der Waals surface area (Å²) in [7, 11) is 0. The van der Waals surface area contributed by atoms with Gasteiger partial charge in [-0.05, 0) is 74.2 Å². The van der Waals surface area contributed by atoms with E-state index in [4.69, 9.17) is 9.25 Å². The molecule has 1 heterocycles. The van der Waals surface area contributed by atoms with Gasteiger partial charge in [0.15, 0.2) is 5.89 Å². The zero-order valence-electron chi connectivity index (χ0n) is 18.6. The lowest BCUT2D eigenvalue weighted by molar-refractivity contribution is -0.132. The van der Waals surface area contributed by atoms with Crippen molar-refractivity contribution in [1.82, 2.24) is 4.98 Å². The van der Waals surface area contributed by atoms with Crippen LogP contribution in [0.2, 0.25) is 0 Å². The van der Waals surface area contributed by atoms with E-state index in [2.05, 4.69) is 30.1 Å². The minimum Gasteiger partial charge on any atom is -0.446 e. The molecule has 30 heavy (non-hydrogen) atoms. The van der Waals surface area contributed by atoms with Crippen molar-refractivity contribution in [3.63, 3.8) is 0 Å². The number of hydrogen-bond acceptors (Lipinski definition) is 5. The molecule has 4 aliphatic carbocycles. The van der Waals surface area contributed by atoms with Crippen LogP contribution in [0.1, 0.15) is 76.9 Å². The van der Waals surface area contributed by atoms with Crippen molar-refractivity contribution in [2.24, 2.45) is 33.7 Å². The van der Waals surface area contributed by atoms with Gasteiger partial charge in [0, 0.05) is 25.2 Å². The molecule has 5 rings (SSSR count). The predicted octanol–water partition coefficient (Wildman–Crippen LogP) is 5.43. The van der Waals surface area contributed by atoms with Crippen molar-refractivity contribution in [1.29, 1.82) is 0 Å². The second-order valence-corrected chi connectivity index (χ2v) is 10.4. The minimum atomic E-state index is -0.0318. The number of aryl methyl sites for hydroxylation is 1. The molecule has 0 spiro atoms. The molecule has 0 saturated heterocycles. The summed E-state index contributed by atoms with van der Waals surface area (Å²) in [5.74, 6) is 4.12. The number of fused-ring (bicyclic) bond motifs is 5. The van der Waals surface area contributed by atoms with E-state index in [-0.39, 0.29) is 10.8 Å². The fraction of sp³-hybridized carbons (Fsp3) is 0.720. The van der Waals surface area contributed by atoms with Gasteiger partial charge in [0.2, 0.25) is 0 Å². The van der Waals surface area contributed by atoms with Crippen LogP contribution in [0.25, 0.3) is 0 Å². The third-order valence-corrected chi connectivity index (χ3v) is 8.98. The zero-order chi connectivity index (χ0) is 20.9. The number of nitrogens with zero attached hydrogens (tertiary/aromatic N) is 2. The Hall–Kier alpha value is -1.91. The normalized spacial score (nSPS) is 39.3. The predicted molar refractivity (Wildman–Crippen MR) is 115 cm³/mol. The standard InChI is InChI=1S/C25H34N2O3/c1-16-26-15-19(30-16)10-13-29-27-18-8-11-24(2)17(14-18)4-5-20-21-6-7-23(28)25(21,3)12-9-22(20)24/h14-15,20-22H,4-13H2,1-3H3/b27-18+/t20?,21?,22?,24-,25-/m0/s1. The van der Waals surface area contributed by atoms with E-state index >= 15 is 0 Å². The Morgan fingerprint density at radius 1 is 1.13 bits per heavy atom. The van der Waals surface area contributed by atoms with Crippen LogP contribution in [0.15, 0.2) is 27.4 Å². The number of carbonyl (C=O) groups excluding carboxylic acids is 1. The maximum atomic E-state index is 12.6. The van der Waals surface area contributed by atoms with Gasteiger partial charge >= 0.3 is 0 Å². The largest absolute Gasteiger partial charge is 0.446 e. The van der Waals surface area contributed by atoms with Crippen LogP contribution in [0.4, 0.5) is 0 Å². The van der Waals surface area contributed by atoms with Gasteiger partial charge < -0.3 is 9.25 Å². The van der Waals surface area contributed by atoms with E-state index < -0.39 is 0 Å². The molecule has 5 heteroatoms. The fourth-order valence-corrected chi connectivity index (χ4v) is 7.21. The van der Waals surface area contributed by atoms with Crippen LogP contribution in [0.5, 0.6) is 0 Å². The van der Waals surface area contributed by atoms with E-state index in [1.54, 1.807) is 11.8 Å². The fourth-order valence-electron chi connectivity index (χ4n) is 7.21. The molecular weight excluding hydrogens is 376 g/mol. The highest BCUT2D eigenvalue weighted by molar-refractivity contribution is 5.96. The molecule has 4 aliphatic rings. The highest BCUT2D eigenvalue weighted by Gasteiger charge is 2.58. The minimum absolute atomic E-state index is 0.0318. The van der Waals surface area contributed by atoms with Gasteiger partial charge in [-0.25, -0.2) is 4.98 Å². The summed E-state index contributed by atoms with van der Waals surface area (Å²) < 4.78 is 5.48. The molecule has 3 unspecified atom stereocenters. The highest BCUT2D eigenvalue weighted by atomic mass is 16.6. The molecule has 162 valence electrons. The molecule has 1 aromatic heterocycles. The van der Waals surface area contributed by atoms with Crippen LogP contribution < -0.4 is 0 Å². The third-order valence-electron chi connectivity index (χ3n) is 8.98. The number of hydrogen-bond donors (Lipinski definition) is 0. The van der Waals surface area contributed by atoms with Gasteiger partial charge in [-0.3, -0.25) is 4.79 Å². The molecule has 1 aromatic rings. The lowest BCUT2D eigenvalue weighted by atomic mass is 9.47. The number of Topliss-reactive ketones (excluding diaryl/α,β-unsaturated/α-hetero) is 1. The number of aromatic nitrogens is 1. The smallest absolute Gasteiger partial charge is 0.191 e. The Bertz CT molecular complexity index is 900. The topological polar surface area (TPSA) is 64.7 Å². The van der Waals surface area contributed by atoms with Crippen molar-refractivity contribution in [2.45, 2.75) is 78.6 Å². The van der Waals surface area contributed by atoms with Crippen LogP contribution >= 0.6 is 0 Å². The summed E-state index contributed by atoms with van der Waals surface area (Å²) in [6.07, 6.45) is 13.5. The summed E-state index contributed by atoms with van der Waals surface area (Å²) >= 11 is 0. The van der Waals surface area contributed by atoms with Crippen molar-refractivity contribution in [3.05, 3.63) is 29.5 Å².